The Labute approximate surface area is 211 Å². The topological polar surface area (TPSA) is 47.4 Å². The van der Waals surface area contributed by atoms with Crippen LogP contribution in [0.1, 0.15) is 49.9 Å². The van der Waals surface area contributed by atoms with Crippen LogP contribution in [0.4, 0.5) is 5.69 Å². The number of nitrogens with zero attached hydrogens (tertiary/aromatic N) is 3. The normalized spacial score (nSPS) is 15.9. The summed E-state index contributed by atoms with van der Waals surface area (Å²) in [5.74, 6) is 2.49. The third kappa shape index (κ3) is 5.06. The number of hydrogen-bond acceptors (Lipinski definition) is 3. The van der Waals surface area contributed by atoms with Crippen molar-refractivity contribution in [3.8, 4) is 5.75 Å². The molecule has 1 saturated heterocycles. The van der Waals surface area contributed by atoms with Crippen molar-refractivity contribution in [1.82, 2.24) is 9.55 Å². The summed E-state index contributed by atoms with van der Waals surface area (Å²) in [6.07, 6.45) is 1.28. The standard InChI is InChI=1S/C29H30ClN3O2/c1-20(2)21-11-13-25(14-12-21)35-16-6-15-32-27-10-4-3-9-26(27)31-29(32)22-17-28(34)33(19-22)24-8-5-7-23(30)18-24/h3-5,7-14,18,20,22H,6,15-17,19H2,1-2H3. The molecule has 1 aromatic heterocycles. The number of aryl methyl sites for hydroxylation is 1. The van der Waals surface area contributed by atoms with Crippen molar-refractivity contribution in [3.63, 3.8) is 0 Å². The third-order valence-electron chi connectivity index (χ3n) is 6.64. The Bertz CT molecular complexity index is 1330. The molecule has 1 fully saturated rings. The van der Waals surface area contributed by atoms with Crippen LogP contribution in [0.15, 0.2) is 72.8 Å². The van der Waals surface area contributed by atoms with Crippen LogP contribution in [0.2, 0.25) is 5.02 Å². The van der Waals surface area contributed by atoms with Gasteiger partial charge in [0, 0.05) is 36.1 Å². The number of carbonyl (C=O) groups excluding carboxylic acids is 1. The Morgan fingerprint density at radius 1 is 1.06 bits per heavy atom. The zero-order chi connectivity index (χ0) is 24.4. The highest BCUT2D eigenvalue weighted by Gasteiger charge is 2.34. The number of benzene rings is 3. The first-order valence-corrected chi connectivity index (χ1v) is 12.6. The lowest BCUT2D eigenvalue weighted by molar-refractivity contribution is -0.117. The summed E-state index contributed by atoms with van der Waals surface area (Å²) in [6, 6.07) is 24.0. The van der Waals surface area contributed by atoms with Crippen LogP contribution < -0.4 is 9.64 Å². The van der Waals surface area contributed by atoms with Crippen LogP contribution >= 0.6 is 11.6 Å². The molecule has 3 aromatic carbocycles. The van der Waals surface area contributed by atoms with E-state index in [1.54, 1.807) is 0 Å². The van der Waals surface area contributed by atoms with Gasteiger partial charge in [0.2, 0.25) is 5.91 Å². The maximum absolute atomic E-state index is 12.9. The molecule has 1 aliphatic heterocycles. The number of amides is 1. The van der Waals surface area contributed by atoms with Gasteiger partial charge >= 0.3 is 0 Å². The summed E-state index contributed by atoms with van der Waals surface area (Å²) in [6.45, 7) is 6.37. The quantitative estimate of drug-likeness (QED) is 0.257. The van der Waals surface area contributed by atoms with Gasteiger partial charge in [-0.25, -0.2) is 4.98 Å². The fraction of sp³-hybridized carbons (Fsp3) is 0.310. The van der Waals surface area contributed by atoms with Gasteiger partial charge in [0.05, 0.1) is 17.6 Å². The third-order valence-corrected chi connectivity index (χ3v) is 6.87. The molecule has 2 heterocycles. The van der Waals surface area contributed by atoms with Gasteiger partial charge in [-0.3, -0.25) is 4.79 Å². The zero-order valence-corrected chi connectivity index (χ0v) is 20.9. The molecule has 0 N–H and O–H groups in total. The molecular formula is C29H30ClN3O2. The number of aromatic nitrogens is 2. The number of hydrogen-bond donors (Lipinski definition) is 0. The molecule has 1 amide bonds. The minimum atomic E-state index is 0.0263. The van der Waals surface area contributed by atoms with Crippen LogP contribution in [-0.2, 0) is 11.3 Å². The summed E-state index contributed by atoms with van der Waals surface area (Å²) < 4.78 is 8.27. The van der Waals surface area contributed by atoms with E-state index in [1.165, 1.54) is 5.56 Å². The molecule has 0 radical (unpaired) electrons. The Morgan fingerprint density at radius 3 is 2.63 bits per heavy atom. The first-order chi connectivity index (χ1) is 17.0. The Morgan fingerprint density at radius 2 is 1.86 bits per heavy atom. The van der Waals surface area contributed by atoms with E-state index in [2.05, 4.69) is 36.6 Å². The van der Waals surface area contributed by atoms with Crippen molar-refractivity contribution >= 4 is 34.2 Å². The number of fused-ring (bicyclic) bond motifs is 1. The Balaban J connectivity index is 1.31. The van der Waals surface area contributed by atoms with Crippen molar-refractivity contribution in [2.45, 2.75) is 45.1 Å². The molecule has 1 unspecified atom stereocenters. The van der Waals surface area contributed by atoms with Crippen molar-refractivity contribution in [2.24, 2.45) is 0 Å². The van der Waals surface area contributed by atoms with Gasteiger partial charge in [0.25, 0.3) is 0 Å². The Hall–Kier alpha value is -3.31. The molecule has 4 aromatic rings. The average Bonchev–Trinajstić information content (AvgIpc) is 3.42. The lowest BCUT2D eigenvalue weighted by Crippen LogP contribution is -2.24. The zero-order valence-electron chi connectivity index (χ0n) is 20.2. The van der Waals surface area contributed by atoms with Gasteiger partial charge in [-0.15, -0.1) is 0 Å². The van der Waals surface area contributed by atoms with Gasteiger partial charge in [-0.1, -0.05) is 55.8 Å². The van der Waals surface area contributed by atoms with E-state index in [4.69, 9.17) is 21.3 Å². The number of anilines is 1. The van der Waals surface area contributed by atoms with Gasteiger partial charge < -0.3 is 14.2 Å². The van der Waals surface area contributed by atoms with Gasteiger partial charge in [0.15, 0.2) is 0 Å². The van der Waals surface area contributed by atoms with Crippen LogP contribution in [0.5, 0.6) is 5.75 Å². The maximum Gasteiger partial charge on any atom is 0.227 e. The Kier molecular flexibility index (Phi) is 6.78. The van der Waals surface area contributed by atoms with Crippen LogP contribution in [0.25, 0.3) is 11.0 Å². The average molecular weight is 488 g/mol. The molecule has 1 atom stereocenters. The summed E-state index contributed by atoms with van der Waals surface area (Å²) in [5.41, 5.74) is 4.20. The molecule has 5 nitrogen and oxygen atoms in total. The number of rotatable bonds is 8. The monoisotopic (exact) mass is 487 g/mol. The number of carbonyl (C=O) groups is 1. The number of halogens is 1. The molecule has 180 valence electrons. The number of para-hydroxylation sites is 2. The fourth-order valence-corrected chi connectivity index (χ4v) is 4.96. The highest BCUT2D eigenvalue weighted by molar-refractivity contribution is 6.30. The van der Waals surface area contributed by atoms with Crippen molar-refractivity contribution in [2.75, 3.05) is 18.1 Å². The van der Waals surface area contributed by atoms with Crippen molar-refractivity contribution in [1.29, 1.82) is 0 Å². The predicted octanol–water partition coefficient (Wildman–Crippen LogP) is 6.80. The van der Waals surface area contributed by atoms with E-state index < -0.39 is 0 Å². The summed E-state index contributed by atoms with van der Waals surface area (Å²) in [7, 11) is 0. The molecule has 35 heavy (non-hydrogen) atoms. The van der Waals surface area contributed by atoms with E-state index in [1.807, 2.05) is 59.5 Å². The van der Waals surface area contributed by atoms with Gasteiger partial charge in [0.1, 0.15) is 11.6 Å². The molecule has 5 rings (SSSR count). The molecule has 0 bridgehead atoms. The maximum atomic E-state index is 12.9. The van der Waals surface area contributed by atoms with Crippen molar-refractivity contribution < 1.29 is 9.53 Å². The molecule has 0 saturated carbocycles. The highest BCUT2D eigenvalue weighted by atomic mass is 35.5. The van der Waals surface area contributed by atoms with E-state index in [9.17, 15) is 4.79 Å². The first-order valence-electron chi connectivity index (χ1n) is 12.2. The summed E-state index contributed by atoms with van der Waals surface area (Å²) >= 11 is 6.17. The second-order valence-electron chi connectivity index (χ2n) is 9.42. The second-order valence-corrected chi connectivity index (χ2v) is 9.86. The highest BCUT2D eigenvalue weighted by Crippen LogP contribution is 2.34. The summed E-state index contributed by atoms with van der Waals surface area (Å²) in [4.78, 5) is 19.7. The van der Waals surface area contributed by atoms with E-state index >= 15 is 0 Å². The van der Waals surface area contributed by atoms with Crippen LogP contribution in [-0.4, -0.2) is 28.6 Å². The predicted molar refractivity (Wildman–Crippen MR) is 142 cm³/mol. The lowest BCUT2D eigenvalue weighted by Gasteiger charge is -2.18. The molecule has 6 heteroatoms. The largest absolute Gasteiger partial charge is 0.494 e. The number of ether oxygens (including phenoxy) is 1. The van der Waals surface area contributed by atoms with Crippen LogP contribution in [0, 0.1) is 0 Å². The van der Waals surface area contributed by atoms with E-state index in [0.29, 0.717) is 30.5 Å². The van der Waals surface area contributed by atoms with E-state index in [-0.39, 0.29) is 11.8 Å². The van der Waals surface area contributed by atoms with Crippen molar-refractivity contribution in [3.05, 3.63) is 89.2 Å². The van der Waals surface area contributed by atoms with Gasteiger partial charge in [-0.05, 0) is 60.4 Å². The second kappa shape index (κ2) is 10.1. The lowest BCUT2D eigenvalue weighted by atomic mass is 10.0. The number of imidazole rings is 1. The minimum absolute atomic E-state index is 0.0263. The van der Waals surface area contributed by atoms with Gasteiger partial charge in [-0.2, -0.15) is 0 Å². The minimum Gasteiger partial charge on any atom is -0.494 e. The first kappa shape index (κ1) is 23.4. The molecular weight excluding hydrogens is 458 g/mol. The SMILES string of the molecule is CC(C)c1ccc(OCCCn2c(C3CC(=O)N(c4cccc(Cl)c4)C3)nc3ccccc32)cc1. The molecule has 1 aliphatic rings. The summed E-state index contributed by atoms with van der Waals surface area (Å²) in [5, 5.41) is 0.629. The van der Waals surface area contributed by atoms with E-state index in [0.717, 1.165) is 41.3 Å². The molecule has 0 spiro atoms. The van der Waals surface area contributed by atoms with Crippen LogP contribution in [0.3, 0.4) is 0 Å². The molecule has 0 aliphatic carbocycles. The fourth-order valence-electron chi connectivity index (χ4n) is 4.78. The smallest absolute Gasteiger partial charge is 0.227 e.